The SMILES string of the molecule is CCNC(=O)CN(C)C(=O)c1cc(Br)ccc1Br. The molecule has 6 heteroatoms. The first-order chi connectivity index (χ1) is 8.45. The van der Waals surface area contributed by atoms with Gasteiger partial charge >= 0.3 is 0 Å². The Morgan fingerprint density at radius 2 is 2.00 bits per heavy atom. The highest BCUT2D eigenvalue weighted by Gasteiger charge is 2.17. The fraction of sp³-hybridized carbons (Fsp3) is 0.333. The van der Waals surface area contributed by atoms with Crippen LogP contribution in [0.1, 0.15) is 17.3 Å². The van der Waals surface area contributed by atoms with Gasteiger partial charge in [-0.05, 0) is 41.1 Å². The van der Waals surface area contributed by atoms with Crippen LogP contribution in [0.2, 0.25) is 0 Å². The molecule has 1 rings (SSSR count). The van der Waals surface area contributed by atoms with Crippen LogP contribution in [-0.4, -0.2) is 36.9 Å². The number of rotatable bonds is 4. The molecule has 1 N–H and O–H groups in total. The summed E-state index contributed by atoms with van der Waals surface area (Å²) in [5.41, 5.74) is 0.524. The topological polar surface area (TPSA) is 49.4 Å². The van der Waals surface area contributed by atoms with Gasteiger partial charge in [-0.1, -0.05) is 15.9 Å². The van der Waals surface area contributed by atoms with E-state index in [1.807, 2.05) is 13.0 Å². The van der Waals surface area contributed by atoms with Crippen molar-refractivity contribution in [3.8, 4) is 0 Å². The molecule has 0 spiro atoms. The van der Waals surface area contributed by atoms with Crippen LogP contribution in [0.15, 0.2) is 27.1 Å². The van der Waals surface area contributed by atoms with Gasteiger partial charge < -0.3 is 10.2 Å². The first-order valence-electron chi connectivity index (χ1n) is 5.43. The lowest BCUT2D eigenvalue weighted by molar-refractivity contribution is -0.121. The van der Waals surface area contributed by atoms with Gasteiger partial charge in [-0.3, -0.25) is 9.59 Å². The van der Waals surface area contributed by atoms with Crippen LogP contribution in [0.25, 0.3) is 0 Å². The molecule has 0 atom stereocenters. The zero-order chi connectivity index (χ0) is 13.7. The van der Waals surface area contributed by atoms with Crippen LogP contribution in [0.3, 0.4) is 0 Å². The predicted molar refractivity (Wildman–Crippen MR) is 77.5 cm³/mol. The zero-order valence-corrected chi connectivity index (χ0v) is 13.3. The number of amides is 2. The smallest absolute Gasteiger partial charge is 0.255 e. The molecule has 0 saturated carbocycles. The van der Waals surface area contributed by atoms with Gasteiger partial charge in [0.05, 0.1) is 12.1 Å². The van der Waals surface area contributed by atoms with Crippen molar-refractivity contribution < 1.29 is 9.59 Å². The molecular weight excluding hydrogens is 364 g/mol. The maximum atomic E-state index is 12.2. The number of likely N-dealkylation sites (N-methyl/N-ethyl adjacent to an activating group) is 2. The van der Waals surface area contributed by atoms with E-state index in [1.54, 1.807) is 19.2 Å². The van der Waals surface area contributed by atoms with Gasteiger partial charge in [0, 0.05) is 22.5 Å². The minimum absolute atomic E-state index is 0.0472. The Hall–Kier alpha value is -0.880. The molecule has 0 heterocycles. The number of nitrogens with one attached hydrogen (secondary N) is 1. The summed E-state index contributed by atoms with van der Waals surface area (Å²) in [5.74, 6) is -0.367. The van der Waals surface area contributed by atoms with E-state index < -0.39 is 0 Å². The minimum Gasteiger partial charge on any atom is -0.355 e. The van der Waals surface area contributed by atoms with Crippen molar-refractivity contribution in [3.05, 3.63) is 32.7 Å². The van der Waals surface area contributed by atoms with E-state index in [2.05, 4.69) is 37.2 Å². The van der Waals surface area contributed by atoms with Crippen molar-refractivity contribution in [2.45, 2.75) is 6.92 Å². The van der Waals surface area contributed by atoms with E-state index in [4.69, 9.17) is 0 Å². The van der Waals surface area contributed by atoms with Crippen LogP contribution < -0.4 is 5.32 Å². The van der Waals surface area contributed by atoms with Gasteiger partial charge in [-0.25, -0.2) is 0 Å². The summed E-state index contributed by atoms with van der Waals surface area (Å²) in [6, 6.07) is 5.35. The Balaban J connectivity index is 2.80. The van der Waals surface area contributed by atoms with Crippen LogP contribution in [0, 0.1) is 0 Å². The fourth-order valence-corrected chi connectivity index (χ4v) is 2.18. The monoisotopic (exact) mass is 376 g/mol. The highest BCUT2D eigenvalue weighted by Crippen LogP contribution is 2.22. The molecule has 0 saturated heterocycles. The number of benzene rings is 1. The molecule has 18 heavy (non-hydrogen) atoms. The number of hydrogen-bond acceptors (Lipinski definition) is 2. The molecular formula is C12H14Br2N2O2. The first-order valence-corrected chi connectivity index (χ1v) is 7.01. The predicted octanol–water partition coefficient (Wildman–Crippen LogP) is 2.42. The largest absolute Gasteiger partial charge is 0.355 e. The molecule has 0 radical (unpaired) electrons. The average molecular weight is 378 g/mol. The average Bonchev–Trinajstić information content (AvgIpc) is 2.31. The third-order valence-corrected chi connectivity index (χ3v) is 3.44. The zero-order valence-electron chi connectivity index (χ0n) is 10.2. The van der Waals surface area contributed by atoms with Gasteiger partial charge in [0.2, 0.25) is 5.91 Å². The van der Waals surface area contributed by atoms with E-state index in [9.17, 15) is 9.59 Å². The molecule has 2 amide bonds. The molecule has 98 valence electrons. The molecule has 4 nitrogen and oxygen atoms in total. The minimum atomic E-state index is -0.200. The van der Waals surface area contributed by atoms with Crippen molar-refractivity contribution in [3.63, 3.8) is 0 Å². The summed E-state index contributed by atoms with van der Waals surface area (Å²) >= 11 is 6.65. The number of hydrogen-bond donors (Lipinski definition) is 1. The van der Waals surface area contributed by atoms with Gasteiger partial charge in [0.1, 0.15) is 0 Å². The maximum Gasteiger partial charge on any atom is 0.255 e. The summed E-state index contributed by atoms with van der Waals surface area (Å²) in [6.07, 6.45) is 0. The normalized spacial score (nSPS) is 10.0. The first kappa shape index (κ1) is 15.2. The van der Waals surface area contributed by atoms with Crippen molar-refractivity contribution >= 4 is 43.7 Å². The summed E-state index contributed by atoms with van der Waals surface area (Å²) in [6.45, 7) is 2.44. The lowest BCUT2D eigenvalue weighted by Crippen LogP contribution is -2.38. The Bertz CT molecular complexity index is 463. The Kier molecular flexibility index (Phi) is 5.81. The third-order valence-electron chi connectivity index (χ3n) is 2.26. The second kappa shape index (κ2) is 6.89. The second-order valence-electron chi connectivity index (χ2n) is 3.74. The van der Waals surface area contributed by atoms with Gasteiger partial charge in [0.25, 0.3) is 5.91 Å². The van der Waals surface area contributed by atoms with E-state index in [-0.39, 0.29) is 18.4 Å². The molecule has 0 aliphatic heterocycles. The van der Waals surface area contributed by atoms with Crippen molar-refractivity contribution in [2.24, 2.45) is 0 Å². The molecule has 1 aromatic carbocycles. The Morgan fingerprint density at radius 1 is 1.33 bits per heavy atom. The lowest BCUT2D eigenvalue weighted by atomic mass is 10.2. The number of carbonyl (C=O) groups is 2. The fourth-order valence-electron chi connectivity index (χ4n) is 1.41. The van der Waals surface area contributed by atoms with E-state index >= 15 is 0 Å². The second-order valence-corrected chi connectivity index (χ2v) is 5.51. The highest BCUT2D eigenvalue weighted by molar-refractivity contribution is 9.11. The third kappa shape index (κ3) is 4.10. The molecule has 0 bridgehead atoms. The van der Waals surface area contributed by atoms with Crippen molar-refractivity contribution in [1.82, 2.24) is 10.2 Å². The molecule has 0 unspecified atom stereocenters. The van der Waals surface area contributed by atoms with Crippen molar-refractivity contribution in [2.75, 3.05) is 20.1 Å². The van der Waals surface area contributed by atoms with Crippen LogP contribution in [0.5, 0.6) is 0 Å². The summed E-state index contributed by atoms with van der Waals surface area (Å²) < 4.78 is 1.53. The molecule has 0 aromatic heterocycles. The van der Waals surface area contributed by atoms with Gasteiger partial charge in [-0.15, -0.1) is 0 Å². The Morgan fingerprint density at radius 3 is 2.61 bits per heavy atom. The van der Waals surface area contributed by atoms with Crippen LogP contribution in [-0.2, 0) is 4.79 Å². The molecule has 0 fully saturated rings. The van der Waals surface area contributed by atoms with Gasteiger partial charge in [0.15, 0.2) is 0 Å². The number of halogens is 2. The quantitative estimate of drug-likeness (QED) is 0.875. The summed E-state index contributed by atoms with van der Waals surface area (Å²) in [7, 11) is 1.60. The van der Waals surface area contributed by atoms with E-state index in [0.717, 1.165) is 4.47 Å². The molecule has 0 aliphatic carbocycles. The number of carbonyl (C=O) groups excluding carboxylic acids is 2. The Labute approximate surface area is 123 Å². The highest BCUT2D eigenvalue weighted by atomic mass is 79.9. The summed E-state index contributed by atoms with van der Waals surface area (Å²) in [5, 5.41) is 2.65. The van der Waals surface area contributed by atoms with E-state index in [1.165, 1.54) is 4.90 Å². The van der Waals surface area contributed by atoms with Gasteiger partial charge in [-0.2, -0.15) is 0 Å². The van der Waals surface area contributed by atoms with Crippen LogP contribution in [0.4, 0.5) is 0 Å². The molecule has 1 aromatic rings. The standard InChI is InChI=1S/C12H14Br2N2O2/c1-3-15-11(17)7-16(2)12(18)9-6-8(13)4-5-10(9)14/h4-6H,3,7H2,1-2H3,(H,15,17). The van der Waals surface area contributed by atoms with Crippen LogP contribution >= 0.6 is 31.9 Å². The maximum absolute atomic E-state index is 12.2. The van der Waals surface area contributed by atoms with Crippen molar-refractivity contribution in [1.29, 1.82) is 0 Å². The molecule has 0 aliphatic rings. The number of nitrogens with zero attached hydrogens (tertiary/aromatic N) is 1. The lowest BCUT2D eigenvalue weighted by Gasteiger charge is -2.17. The summed E-state index contributed by atoms with van der Waals surface area (Å²) in [4.78, 5) is 25.0. The van der Waals surface area contributed by atoms with E-state index in [0.29, 0.717) is 16.6 Å².